The van der Waals surface area contributed by atoms with Crippen molar-refractivity contribution in [3.05, 3.63) is 0 Å². The van der Waals surface area contributed by atoms with Crippen molar-refractivity contribution in [2.75, 3.05) is 19.8 Å². The first-order chi connectivity index (χ1) is 6.33. The lowest BCUT2D eigenvalue weighted by atomic mass is 10.1. The first-order valence-electron chi connectivity index (χ1n) is 5.22. The molecular formula is C10H20O3. The Hall–Kier alpha value is -0.120. The molecule has 0 radical (unpaired) electrons. The van der Waals surface area contributed by atoms with Crippen molar-refractivity contribution in [2.24, 2.45) is 0 Å². The van der Waals surface area contributed by atoms with Gasteiger partial charge in [0.15, 0.2) is 5.79 Å². The van der Waals surface area contributed by atoms with Crippen LogP contribution in [0.5, 0.6) is 0 Å². The summed E-state index contributed by atoms with van der Waals surface area (Å²) in [6, 6.07) is 0. The van der Waals surface area contributed by atoms with E-state index in [-0.39, 0.29) is 5.79 Å². The van der Waals surface area contributed by atoms with Crippen LogP contribution in [0.4, 0.5) is 0 Å². The van der Waals surface area contributed by atoms with Gasteiger partial charge in [0.2, 0.25) is 0 Å². The number of aliphatic hydroxyl groups excluding tert-OH is 1. The highest BCUT2D eigenvalue weighted by Gasteiger charge is 2.33. The van der Waals surface area contributed by atoms with Gasteiger partial charge in [-0.15, -0.1) is 0 Å². The molecule has 0 unspecified atom stereocenters. The molecule has 0 bridgehead atoms. The fraction of sp³-hybridized carbons (Fsp3) is 1.00. The number of ether oxygens (including phenoxy) is 2. The Morgan fingerprint density at radius 3 is 2.38 bits per heavy atom. The van der Waals surface area contributed by atoms with E-state index in [4.69, 9.17) is 14.6 Å². The van der Waals surface area contributed by atoms with Crippen molar-refractivity contribution >= 4 is 0 Å². The highest BCUT2D eigenvalue weighted by atomic mass is 16.7. The van der Waals surface area contributed by atoms with Gasteiger partial charge < -0.3 is 14.6 Å². The zero-order valence-electron chi connectivity index (χ0n) is 8.42. The van der Waals surface area contributed by atoms with E-state index in [0.29, 0.717) is 6.61 Å². The molecule has 0 saturated carbocycles. The second-order valence-corrected chi connectivity index (χ2v) is 3.50. The molecule has 0 aliphatic carbocycles. The molecule has 1 aliphatic heterocycles. The summed E-state index contributed by atoms with van der Waals surface area (Å²) in [5.41, 5.74) is 0. The summed E-state index contributed by atoms with van der Waals surface area (Å²) in [5, 5.41) is 8.62. The van der Waals surface area contributed by atoms with Gasteiger partial charge in [0.1, 0.15) is 0 Å². The largest absolute Gasteiger partial charge is 0.396 e. The van der Waals surface area contributed by atoms with Gasteiger partial charge in [-0.05, 0) is 19.3 Å². The molecule has 3 heteroatoms. The SMILES string of the molecule is CCC1(CCCCCO)OCCO1. The number of rotatable bonds is 6. The summed E-state index contributed by atoms with van der Waals surface area (Å²) in [6.45, 7) is 3.85. The first-order valence-corrected chi connectivity index (χ1v) is 5.22. The quantitative estimate of drug-likeness (QED) is 0.645. The van der Waals surface area contributed by atoms with Crippen molar-refractivity contribution in [3.8, 4) is 0 Å². The van der Waals surface area contributed by atoms with Gasteiger partial charge in [-0.25, -0.2) is 0 Å². The van der Waals surface area contributed by atoms with E-state index in [1.807, 2.05) is 0 Å². The van der Waals surface area contributed by atoms with E-state index in [0.717, 1.165) is 45.3 Å². The highest BCUT2D eigenvalue weighted by molar-refractivity contribution is 4.72. The minimum atomic E-state index is -0.296. The van der Waals surface area contributed by atoms with Crippen molar-refractivity contribution in [1.29, 1.82) is 0 Å². The minimum Gasteiger partial charge on any atom is -0.396 e. The Morgan fingerprint density at radius 1 is 1.15 bits per heavy atom. The molecule has 0 atom stereocenters. The van der Waals surface area contributed by atoms with Gasteiger partial charge in [0.05, 0.1) is 13.2 Å². The van der Waals surface area contributed by atoms with Crippen LogP contribution in [-0.2, 0) is 9.47 Å². The predicted molar refractivity (Wildman–Crippen MR) is 50.5 cm³/mol. The van der Waals surface area contributed by atoms with Gasteiger partial charge >= 0.3 is 0 Å². The third kappa shape index (κ3) is 3.25. The molecule has 13 heavy (non-hydrogen) atoms. The summed E-state index contributed by atoms with van der Waals surface area (Å²) in [7, 11) is 0. The Labute approximate surface area is 80.0 Å². The average molecular weight is 188 g/mol. The predicted octanol–water partition coefficient (Wildman–Crippen LogP) is 1.69. The van der Waals surface area contributed by atoms with E-state index in [9.17, 15) is 0 Å². The molecule has 0 aromatic rings. The van der Waals surface area contributed by atoms with Crippen LogP contribution in [0, 0.1) is 0 Å². The summed E-state index contributed by atoms with van der Waals surface area (Å²) in [4.78, 5) is 0. The fourth-order valence-corrected chi connectivity index (χ4v) is 1.71. The second-order valence-electron chi connectivity index (χ2n) is 3.50. The normalized spacial score (nSPS) is 20.8. The van der Waals surface area contributed by atoms with Crippen molar-refractivity contribution in [2.45, 2.75) is 44.8 Å². The van der Waals surface area contributed by atoms with E-state index in [2.05, 4.69) is 6.92 Å². The highest BCUT2D eigenvalue weighted by Crippen LogP contribution is 2.28. The van der Waals surface area contributed by atoms with Crippen LogP contribution >= 0.6 is 0 Å². The van der Waals surface area contributed by atoms with E-state index < -0.39 is 0 Å². The number of hydrogen-bond donors (Lipinski definition) is 1. The maximum Gasteiger partial charge on any atom is 0.168 e. The number of unbranched alkanes of at least 4 members (excludes halogenated alkanes) is 2. The molecular weight excluding hydrogens is 168 g/mol. The molecule has 1 N–H and O–H groups in total. The molecule has 1 fully saturated rings. The zero-order chi connectivity index (χ0) is 9.57. The number of aliphatic hydroxyl groups is 1. The first kappa shape index (κ1) is 11.0. The topological polar surface area (TPSA) is 38.7 Å². The van der Waals surface area contributed by atoms with Crippen LogP contribution in [0.25, 0.3) is 0 Å². The third-order valence-electron chi connectivity index (χ3n) is 2.57. The second kappa shape index (κ2) is 5.58. The maximum atomic E-state index is 8.62. The third-order valence-corrected chi connectivity index (χ3v) is 2.57. The van der Waals surface area contributed by atoms with Gasteiger partial charge in [0.25, 0.3) is 0 Å². The minimum absolute atomic E-state index is 0.292. The number of hydrogen-bond acceptors (Lipinski definition) is 3. The molecule has 0 aromatic carbocycles. The monoisotopic (exact) mass is 188 g/mol. The van der Waals surface area contributed by atoms with Gasteiger partial charge in [-0.1, -0.05) is 13.3 Å². The molecule has 1 aliphatic rings. The van der Waals surface area contributed by atoms with E-state index in [1.54, 1.807) is 0 Å². The molecule has 78 valence electrons. The van der Waals surface area contributed by atoms with E-state index >= 15 is 0 Å². The molecule has 1 saturated heterocycles. The molecule has 0 spiro atoms. The van der Waals surface area contributed by atoms with Gasteiger partial charge in [-0.3, -0.25) is 0 Å². The Bertz CT molecular complexity index is 130. The molecule has 1 rings (SSSR count). The molecule has 3 nitrogen and oxygen atoms in total. The summed E-state index contributed by atoms with van der Waals surface area (Å²) in [6.07, 6.45) is 4.91. The fourth-order valence-electron chi connectivity index (χ4n) is 1.71. The van der Waals surface area contributed by atoms with Gasteiger partial charge in [0, 0.05) is 13.0 Å². The molecule has 1 heterocycles. The van der Waals surface area contributed by atoms with Crippen LogP contribution in [-0.4, -0.2) is 30.7 Å². The maximum absolute atomic E-state index is 8.62. The standard InChI is InChI=1S/C10H20O3/c1-2-10(12-8-9-13-10)6-4-3-5-7-11/h11H,2-9H2,1H3. The summed E-state index contributed by atoms with van der Waals surface area (Å²) >= 11 is 0. The zero-order valence-corrected chi connectivity index (χ0v) is 8.42. The van der Waals surface area contributed by atoms with Crippen LogP contribution in [0.3, 0.4) is 0 Å². The van der Waals surface area contributed by atoms with Crippen molar-refractivity contribution in [1.82, 2.24) is 0 Å². The lowest BCUT2D eigenvalue weighted by molar-refractivity contribution is -0.164. The lowest BCUT2D eigenvalue weighted by Gasteiger charge is -2.25. The molecule has 0 aromatic heterocycles. The van der Waals surface area contributed by atoms with Crippen LogP contribution < -0.4 is 0 Å². The average Bonchev–Trinajstić information content (AvgIpc) is 2.62. The van der Waals surface area contributed by atoms with Crippen LogP contribution in [0.2, 0.25) is 0 Å². The Morgan fingerprint density at radius 2 is 1.85 bits per heavy atom. The van der Waals surface area contributed by atoms with Crippen LogP contribution in [0.1, 0.15) is 39.0 Å². The summed E-state index contributed by atoms with van der Waals surface area (Å²) in [5.74, 6) is -0.296. The Kier molecular flexibility index (Phi) is 4.70. The smallest absolute Gasteiger partial charge is 0.168 e. The van der Waals surface area contributed by atoms with Crippen LogP contribution in [0.15, 0.2) is 0 Å². The van der Waals surface area contributed by atoms with E-state index in [1.165, 1.54) is 0 Å². The van der Waals surface area contributed by atoms with Crippen molar-refractivity contribution in [3.63, 3.8) is 0 Å². The molecule has 0 amide bonds. The van der Waals surface area contributed by atoms with Crippen molar-refractivity contribution < 1.29 is 14.6 Å². The summed E-state index contributed by atoms with van der Waals surface area (Å²) < 4.78 is 11.2. The lowest BCUT2D eigenvalue weighted by Crippen LogP contribution is -2.28. The Balaban J connectivity index is 2.16. The van der Waals surface area contributed by atoms with Gasteiger partial charge in [-0.2, -0.15) is 0 Å².